The van der Waals surface area contributed by atoms with E-state index in [1.165, 1.54) is 18.2 Å². The van der Waals surface area contributed by atoms with Gasteiger partial charge in [0.15, 0.2) is 0 Å². The Bertz CT molecular complexity index is 745. The summed E-state index contributed by atoms with van der Waals surface area (Å²) in [4.78, 5) is -0.668. The van der Waals surface area contributed by atoms with Crippen LogP contribution in [-0.2, 0) is 10.0 Å². The van der Waals surface area contributed by atoms with E-state index in [0.717, 1.165) is 6.07 Å². The molecule has 106 valence electrons. The van der Waals surface area contributed by atoms with Crippen molar-refractivity contribution in [1.29, 1.82) is 0 Å². The predicted octanol–water partition coefficient (Wildman–Crippen LogP) is 4.18. The smallest absolute Gasteiger partial charge is 0.265 e. The molecule has 20 heavy (non-hydrogen) atoms. The van der Waals surface area contributed by atoms with Crippen molar-refractivity contribution < 1.29 is 17.2 Å². The van der Waals surface area contributed by atoms with Gasteiger partial charge in [0.2, 0.25) is 0 Å². The Hall–Kier alpha value is -1.18. The minimum atomic E-state index is -4.21. The fourth-order valence-corrected chi connectivity index (χ4v) is 3.95. The van der Waals surface area contributed by atoms with Crippen molar-refractivity contribution in [3.05, 3.63) is 57.5 Å². The Morgan fingerprint density at radius 1 is 1.15 bits per heavy atom. The molecule has 0 fully saturated rings. The van der Waals surface area contributed by atoms with Crippen LogP contribution in [0.1, 0.15) is 0 Å². The lowest BCUT2D eigenvalue weighted by atomic mass is 10.3. The molecule has 0 spiro atoms. The summed E-state index contributed by atoms with van der Waals surface area (Å²) in [6.07, 6.45) is 0. The fraction of sp³-hybridized carbons (Fsp3) is 0. The van der Waals surface area contributed by atoms with Crippen molar-refractivity contribution in [2.75, 3.05) is 4.72 Å². The van der Waals surface area contributed by atoms with Gasteiger partial charge in [-0.2, -0.15) is 0 Å². The van der Waals surface area contributed by atoms with Gasteiger partial charge in [-0.05, 0) is 40.2 Å². The van der Waals surface area contributed by atoms with Crippen LogP contribution in [0.4, 0.5) is 14.5 Å². The lowest BCUT2D eigenvalue weighted by molar-refractivity contribution is 0.548. The van der Waals surface area contributed by atoms with Gasteiger partial charge in [-0.25, -0.2) is 17.2 Å². The number of hydrogen-bond donors (Lipinski definition) is 1. The number of sulfonamides is 1. The third-order valence-electron chi connectivity index (χ3n) is 2.31. The Morgan fingerprint density at radius 2 is 1.85 bits per heavy atom. The summed E-state index contributed by atoms with van der Waals surface area (Å²) < 4.78 is 52.9. The zero-order valence-corrected chi connectivity index (χ0v) is 12.9. The number of halogens is 4. The predicted molar refractivity (Wildman–Crippen MR) is 76.3 cm³/mol. The summed E-state index contributed by atoms with van der Waals surface area (Å²) in [5.74, 6) is -2.07. The zero-order chi connectivity index (χ0) is 14.9. The van der Waals surface area contributed by atoms with Crippen molar-refractivity contribution in [1.82, 2.24) is 0 Å². The first-order valence-electron chi connectivity index (χ1n) is 5.22. The first kappa shape index (κ1) is 15.2. The van der Waals surface area contributed by atoms with Crippen LogP contribution in [0.2, 0.25) is 5.02 Å². The van der Waals surface area contributed by atoms with Gasteiger partial charge in [0, 0.05) is 15.6 Å². The van der Waals surface area contributed by atoms with Crippen molar-refractivity contribution in [2.45, 2.75) is 4.90 Å². The van der Waals surface area contributed by atoms with E-state index in [1.807, 2.05) is 0 Å². The number of anilines is 1. The molecule has 1 N–H and O–H groups in total. The number of nitrogens with one attached hydrogen (secondary N) is 1. The van der Waals surface area contributed by atoms with Gasteiger partial charge in [-0.15, -0.1) is 0 Å². The summed E-state index contributed by atoms with van der Waals surface area (Å²) in [6.45, 7) is 0. The highest BCUT2D eigenvalue weighted by Crippen LogP contribution is 2.28. The zero-order valence-electron chi connectivity index (χ0n) is 9.70. The second-order valence-electron chi connectivity index (χ2n) is 3.81. The second-order valence-corrected chi connectivity index (χ2v) is 6.72. The van der Waals surface area contributed by atoms with Crippen molar-refractivity contribution >= 4 is 43.2 Å². The van der Waals surface area contributed by atoms with Crippen LogP contribution in [0, 0.1) is 11.6 Å². The first-order chi connectivity index (χ1) is 9.29. The Balaban J connectivity index is 2.46. The summed E-state index contributed by atoms with van der Waals surface area (Å²) >= 11 is 8.57. The van der Waals surface area contributed by atoms with Gasteiger partial charge in [0.05, 0.1) is 5.69 Å². The maximum absolute atomic E-state index is 13.7. The molecule has 0 amide bonds. The molecule has 2 aromatic carbocycles. The molecule has 0 aliphatic heterocycles. The Kier molecular flexibility index (Phi) is 4.31. The van der Waals surface area contributed by atoms with Crippen LogP contribution < -0.4 is 4.72 Å². The van der Waals surface area contributed by atoms with E-state index in [4.69, 9.17) is 11.6 Å². The van der Waals surface area contributed by atoms with Gasteiger partial charge < -0.3 is 0 Å². The third kappa shape index (κ3) is 3.28. The average molecular weight is 383 g/mol. The van der Waals surface area contributed by atoms with E-state index in [2.05, 4.69) is 20.7 Å². The number of rotatable bonds is 3. The van der Waals surface area contributed by atoms with Crippen LogP contribution in [0.3, 0.4) is 0 Å². The monoisotopic (exact) mass is 381 g/mol. The van der Waals surface area contributed by atoms with E-state index in [0.29, 0.717) is 11.1 Å². The molecule has 0 heterocycles. The molecule has 3 nitrogen and oxygen atoms in total. The molecule has 2 rings (SSSR count). The third-order valence-corrected chi connectivity index (χ3v) is 4.89. The van der Waals surface area contributed by atoms with Crippen molar-refractivity contribution in [2.24, 2.45) is 0 Å². The molecule has 0 saturated heterocycles. The molecule has 0 radical (unpaired) electrons. The van der Waals surface area contributed by atoms with Crippen molar-refractivity contribution in [3.8, 4) is 0 Å². The molecular weight excluding hydrogens is 376 g/mol. The van der Waals surface area contributed by atoms with Crippen LogP contribution >= 0.6 is 27.5 Å². The average Bonchev–Trinajstić information content (AvgIpc) is 2.25. The maximum atomic E-state index is 13.7. The molecular formula is C12H7BrClF2NO2S. The molecule has 0 aliphatic rings. The van der Waals surface area contributed by atoms with Gasteiger partial charge in [-0.3, -0.25) is 4.72 Å². The molecule has 0 atom stereocenters. The maximum Gasteiger partial charge on any atom is 0.265 e. The largest absolute Gasteiger partial charge is 0.279 e. The summed E-state index contributed by atoms with van der Waals surface area (Å²) in [5, 5.41) is 0.323. The molecule has 0 unspecified atom stereocenters. The highest BCUT2D eigenvalue weighted by atomic mass is 79.9. The summed E-state index contributed by atoms with van der Waals surface area (Å²) in [7, 11) is -4.21. The Labute approximate surface area is 127 Å². The van der Waals surface area contributed by atoms with E-state index >= 15 is 0 Å². The topological polar surface area (TPSA) is 46.2 Å². The lowest BCUT2D eigenvalue weighted by Crippen LogP contribution is -2.15. The molecule has 0 aromatic heterocycles. The summed E-state index contributed by atoms with van der Waals surface area (Å²) in [5.41, 5.74) is 0.174. The standard InChI is InChI=1S/C12H7BrClF2NO2S/c13-10-5-8(15)6-11(16)12(10)20(18,19)17-9-3-1-2-7(14)4-9/h1-6,17H. The highest BCUT2D eigenvalue weighted by Gasteiger charge is 2.23. The van der Waals surface area contributed by atoms with Gasteiger partial charge in [0.1, 0.15) is 16.5 Å². The quantitative estimate of drug-likeness (QED) is 0.865. The van der Waals surface area contributed by atoms with E-state index < -0.39 is 26.6 Å². The number of hydrogen-bond acceptors (Lipinski definition) is 2. The molecule has 2 aromatic rings. The van der Waals surface area contributed by atoms with E-state index in [9.17, 15) is 17.2 Å². The lowest BCUT2D eigenvalue weighted by Gasteiger charge is -2.10. The fourth-order valence-electron chi connectivity index (χ4n) is 1.54. The molecule has 0 bridgehead atoms. The van der Waals surface area contributed by atoms with Gasteiger partial charge in [-0.1, -0.05) is 17.7 Å². The van der Waals surface area contributed by atoms with Crippen LogP contribution in [0.25, 0.3) is 0 Å². The van der Waals surface area contributed by atoms with Gasteiger partial charge in [0.25, 0.3) is 10.0 Å². The van der Waals surface area contributed by atoms with E-state index in [1.54, 1.807) is 6.07 Å². The number of benzene rings is 2. The molecule has 0 saturated carbocycles. The molecule has 0 aliphatic carbocycles. The van der Waals surface area contributed by atoms with Crippen LogP contribution in [0.15, 0.2) is 45.8 Å². The minimum Gasteiger partial charge on any atom is -0.279 e. The minimum absolute atomic E-state index is 0.174. The SMILES string of the molecule is O=S(=O)(Nc1cccc(Cl)c1)c1c(F)cc(F)cc1Br. The first-order valence-corrected chi connectivity index (χ1v) is 7.88. The highest BCUT2D eigenvalue weighted by molar-refractivity contribution is 9.10. The molecule has 8 heteroatoms. The van der Waals surface area contributed by atoms with E-state index in [-0.39, 0.29) is 10.2 Å². The van der Waals surface area contributed by atoms with Crippen molar-refractivity contribution in [3.63, 3.8) is 0 Å². The second kappa shape index (κ2) is 5.67. The summed E-state index contributed by atoms with van der Waals surface area (Å²) in [6, 6.07) is 7.30. The van der Waals surface area contributed by atoms with Crippen LogP contribution in [-0.4, -0.2) is 8.42 Å². The Morgan fingerprint density at radius 3 is 2.45 bits per heavy atom. The normalized spacial score (nSPS) is 11.4. The van der Waals surface area contributed by atoms with Gasteiger partial charge >= 0.3 is 0 Å². The van der Waals surface area contributed by atoms with Crippen LogP contribution in [0.5, 0.6) is 0 Å².